The largest absolute Gasteiger partial charge is 0.351 e. The highest BCUT2D eigenvalue weighted by atomic mass is 32.2. The first-order valence-corrected chi connectivity index (χ1v) is 12.4. The van der Waals surface area contributed by atoms with E-state index in [2.05, 4.69) is 39.4 Å². The molecule has 3 aromatic carbocycles. The van der Waals surface area contributed by atoms with E-state index in [9.17, 15) is 13.2 Å². The topological polar surface area (TPSA) is 93.1 Å². The highest BCUT2D eigenvalue weighted by molar-refractivity contribution is 7.89. The highest BCUT2D eigenvalue weighted by Gasteiger charge is 2.21. The number of amides is 1. The summed E-state index contributed by atoms with van der Waals surface area (Å²) in [5.74, 6) is -0.399. The third kappa shape index (κ3) is 5.78. The zero-order valence-corrected chi connectivity index (χ0v) is 19.6. The lowest BCUT2D eigenvalue weighted by Gasteiger charge is -2.16. The van der Waals surface area contributed by atoms with Crippen LogP contribution in [-0.4, -0.2) is 30.1 Å². The van der Waals surface area contributed by atoms with Crippen LogP contribution in [0.2, 0.25) is 0 Å². The average Bonchev–Trinajstić information content (AvgIpc) is 3.36. The number of nitrogens with one attached hydrogen (secondary N) is 2. The molecule has 1 atom stereocenters. The van der Waals surface area contributed by atoms with Gasteiger partial charge in [-0.25, -0.2) is 8.42 Å². The summed E-state index contributed by atoms with van der Waals surface area (Å²) in [5.41, 5.74) is 4.12. The van der Waals surface area contributed by atoms with Crippen molar-refractivity contribution >= 4 is 15.9 Å². The van der Waals surface area contributed by atoms with Crippen LogP contribution in [0, 0.1) is 0 Å². The minimum atomic E-state index is -3.78. The first kappa shape index (κ1) is 23.4. The van der Waals surface area contributed by atoms with Gasteiger partial charge in [0, 0.05) is 18.9 Å². The predicted molar refractivity (Wildman–Crippen MR) is 131 cm³/mol. The number of benzene rings is 3. The molecule has 0 aliphatic rings. The molecule has 34 heavy (non-hydrogen) atoms. The molecule has 0 saturated carbocycles. The number of sulfonamides is 1. The van der Waals surface area contributed by atoms with Crippen molar-refractivity contribution in [1.29, 1.82) is 0 Å². The van der Waals surface area contributed by atoms with Crippen molar-refractivity contribution in [2.24, 2.45) is 0 Å². The molecular formula is C26H26N4O3S. The van der Waals surface area contributed by atoms with Crippen LogP contribution in [0.3, 0.4) is 0 Å². The summed E-state index contributed by atoms with van der Waals surface area (Å²) < 4.78 is 29.3. The van der Waals surface area contributed by atoms with Crippen molar-refractivity contribution in [3.8, 4) is 11.1 Å². The molecule has 1 amide bonds. The van der Waals surface area contributed by atoms with E-state index in [-0.39, 0.29) is 11.4 Å². The molecule has 0 unspecified atom stereocenters. The maximum absolute atomic E-state index is 12.6. The van der Waals surface area contributed by atoms with E-state index in [1.807, 2.05) is 41.2 Å². The minimum Gasteiger partial charge on any atom is -0.351 e. The number of carbonyl (C=O) groups is 1. The Morgan fingerprint density at radius 2 is 1.65 bits per heavy atom. The predicted octanol–water partition coefficient (Wildman–Crippen LogP) is 3.58. The van der Waals surface area contributed by atoms with Gasteiger partial charge in [-0.3, -0.25) is 9.48 Å². The maximum Gasteiger partial charge on any atom is 0.241 e. The number of hydrogen-bond acceptors (Lipinski definition) is 4. The Balaban J connectivity index is 1.40. The van der Waals surface area contributed by atoms with Crippen LogP contribution in [0.4, 0.5) is 0 Å². The molecule has 2 N–H and O–H groups in total. The fourth-order valence-electron chi connectivity index (χ4n) is 3.62. The molecule has 0 spiro atoms. The van der Waals surface area contributed by atoms with Crippen LogP contribution in [0.15, 0.2) is 102 Å². The fourth-order valence-corrected chi connectivity index (χ4v) is 4.84. The Labute approximate surface area is 199 Å². The van der Waals surface area contributed by atoms with E-state index >= 15 is 0 Å². The second-order valence-corrected chi connectivity index (χ2v) is 9.65. The van der Waals surface area contributed by atoms with Crippen molar-refractivity contribution in [1.82, 2.24) is 19.8 Å². The lowest BCUT2D eigenvalue weighted by molar-refractivity contribution is -0.122. The van der Waals surface area contributed by atoms with E-state index < -0.39 is 22.0 Å². The van der Waals surface area contributed by atoms with Crippen molar-refractivity contribution in [3.63, 3.8) is 0 Å². The van der Waals surface area contributed by atoms with E-state index in [0.717, 1.165) is 22.3 Å². The van der Waals surface area contributed by atoms with Crippen LogP contribution in [0.1, 0.15) is 18.1 Å². The monoisotopic (exact) mass is 474 g/mol. The molecule has 174 valence electrons. The van der Waals surface area contributed by atoms with E-state index in [1.165, 1.54) is 19.1 Å². The van der Waals surface area contributed by atoms with Crippen LogP contribution >= 0.6 is 0 Å². The number of hydrogen-bond donors (Lipinski definition) is 2. The van der Waals surface area contributed by atoms with Gasteiger partial charge in [0.2, 0.25) is 15.9 Å². The van der Waals surface area contributed by atoms with Crippen LogP contribution in [-0.2, 0) is 27.9 Å². The standard InChI is InChI=1S/C26H26N4O3S/c1-20(29-34(32,33)24-9-3-2-4-10-24)26(31)27-18-23-8-5-6-11-25(23)22-14-12-21(13-15-22)19-30-17-7-16-28-30/h2-17,20,29H,18-19H2,1H3,(H,27,31)/t20-/m0/s1. The van der Waals surface area contributed by atoms with Crippen LogP contribution < -0.4 is 10.0 Å². The molecule has 0 saturated heterocycles. The van der Waals surface area contributed by atoms with Crippen LogP contribution in [0.25, 0.3) is 11.1 Å². The summed E-state index contributed by atoms with van der Waals surface area (Å²) in [4.78, 5) is 12.7. The second kappa shape index (κ2) is 10.5. The molecule has 4 aromatic rings. The van der Waals surface area contributed by atoms with Crippen molar-refractivity contribution in [3.05, 3.63) is 108 Å². The summed E-state index contributed by atoms with van der Waals surface area (Å²) in [7, 11) is -3.78. The summed E-state index contributed by atoms with van der Waals surface area (Å²) in [6, 6.07) is 25.0. The highest BCUT2D eigenvalue weighted by Crippen LogP contribution is 2.24. The summed E-state index contributed by atoms with van der Waals surface area (Å²) >= 11 is 0. The fraction of sp³-hybridized carbons (Fsp3) is 0.154. The Kier molecular flexibility index (Phi) is 7.20. The van der Waals surface area contributed by atoms with Gasteiger partial charge in [0.15, 0.2) is 0 Å². The molecule has 4 rings (SSSR count). The van der Waals surface area contributed by atoms with Crippen LogP contribution in [0.5, 0.6) is 0 Å². The van der Waals surface area contributed by atoms with Crippen molar-refractivity contribution in [2.45, 2.75) is 31.0 Å². The maximum atomic E-state index is 12.6. The molecule has 0 fully saturated rings. The van der Waals surface area contributed by atoms with Crippen molar-refractivity contribution < 1.29 is 13.2 Å². The minimum absolute atomic E-state index is 0.121. The Bertz CT molecular complexity index is 1340. The Morgan fingerprint density at radius 3 is 2.35 bits per heavy atom. The zero-order chi connectivity index (χ0) is 24.0. The second-order valence-electron chi connectivity index (χ2n) is 7.93. The third-order valence-corrected chi connectivity index (χ3v) is 6.97. The number of rotatable bonds is 9. The van der Waals surface area contributed by atoms with Gasteiger partial charge in [-0.2, -0.15) is 9.82 Å². The summed E-state index contributed by atoms with van der Waals surface area (Å²) in [6.07, 6.45) is 3.68. The molecule has 0 aliphatic carbocycles. The Hall–Kier alpha value is -3.75. The van der Waals surface area contributed by atoms with Gasteiger partial charge >= 0.3 is 0 Å². The molecule has 0 radical (unpaired) electrons. The summed E-state index contributed by atoms with van der Waals surface area (Å²) in [5, 5.41) is 7.08. The molecule has 1 heterocycles. The van der Waals surface area contributed by atoms with Gasteiger partial charge in [-0.1, -0.05) is 66.7 Å². The third-order valence-electron chi connectivity index (χ3n) is 5.42. The van der Waals surface area contributed by atoms with E-state index in [0.29, 0.717) is 6.54 Å². The summed E-state index contributed by atoms with van der Waals surface area (Å²) in [6.45, 7) is 2.50. The molecule has 1 aromatic heterocycles. The van der Waals surface area contributed by atoms with Gasteiger partial charge < -0.3 is 5.32 Å². The van der Waals surface area contributed by atoms with Crippen molar-refractivity contribution in [2.75, 3.05) is 0 Å². The van der Waals surface area contributed by atoms with Gasteiger partial charge in [0.1, 0.15) is 0 Å². The van der Waals surface area contributed by atoms with Gasteiger partial charge in [0.25, 0.3) is 0 Å². The van der Waals surface area contributed by atoms with Gasteiger partial charge in [-0.05, 0) is 47.4 Å². The van der Waals surface area contributed by atoms with E-state index in [1.54, 1.807) is 24.4 Å². The molecule has 0 bridgehead atoms. The molecular weight excluding hydrogens is 448 g/mol. The quantitative estimate of drug-likeness (QED) is 0.388. The Morgan fingerprint density at radius 1 is 0.941 bits per heavy atom. The number of nitrogens with zero attached hydrogens (tertiary/aromatic N) is 2. The van der Waals surface area contributed by atoms with Gasteiger partial charge in [-0.15, -0.1) is 0 Å². The molecule has 8 heteroatoms. The SMILES string of the molecule is C[C@H](NS(=O)(=O)c1ccccc1)C(=O)NCc1ccccc1-c1ccc(Cn2cccn2)cc1. The number of aromatic nitrogens is 2. The normalized spacial score (nSPS) is 12.3. The zero-order valence-electron chi connectivity index (χ0n) is 18.8. The number of carbonyl (C=O) groups excluding carboxylic acids is 1. The molecule has 0 aliphatic heterocycles. The van der Waals surface area contributed by atoms with Gasteiger partial charge in [0.05, 0.1) is 17.5 Å². The molecule has 7 nitrogen and oxygen atoms in total. The lowest BCUT2D eigenvalue weighted by atomic mass is 9.98. The average molecular weight is 475 g/mol. The first-order valence-electron chi connectivity index (χ1n) is 10.9. The lowest BCUT2D eigenvalue weighted by Crippen LogP contribution is -2.44. The van der Waals surface area contributed by atoms with E-state index in [4.69, 9.17) is 0 Å². The smallest absolute Gasteiger partial charge is 0.241 e. The first-order chi connectivity index (χ1) is 16.4.